The summed E-state index contributed by atoms with van der Waals surface area (Å²) in [5.41, 5.74) is 0.839. The monoisotopic (exact) mass is 442 g/mol. The van der Waals surface area contributed by atoms with Crippen LogP contribution in [0.15, 0.2) is 29.7 Å². The maximum Gasteiger partial charge on any atom is 0.233 e. The first kappa shape index (κ1) is 21.8. The van der Waals surface area contributed by atoms with Crippen molar-refractivity contribution < 1.29 is 9.59 Å². The maximum absolute atomic E-state index is 12.8. The van der Waals surface area contributed by atoms with Gasteiger partial charge in [0.05, 0.1) is 24.2 Å². The molecule has 2 aliphatic rings. The fraction of sp³-hybridized carbons (Fsp3) is 0.591. The molecule has 8 nitrogen and oxygen atoms in total. The molecule has 166 valence electrons. The third-order valence-electron chi connectivity index (χ3n) is 5.94. The largest absolute Gasteiger partial charge is 0.342 e. The Bertz CT molecular complexity index is 903. The molecule has 1 atom stereocenters. The van der Waals surface area contributed by atoms with Gasteiger partial charge >= 0.3 is 0 Å². The zero-order valence-electron chi connectivity index (χ0n) is 18.1. The number of likely N-dealkylation sites (tertiary alicyclic amines) is 2. The molecule has 0 aliphatic carbocycles. The molecule has 2 fully saturated rings. The molecule has 2 aromatic heterocycles. The van der Waals surface area contributed by atoms with Gasteiger partial charge in [-0.3, -0.25) is 19.1 Å². The number of pyridine rings is 1. The summed E-state index contributed by atoms with van der Waals surface area (Å²) in [6.07, 6.45) is 9.36. The number of aromatic nitrogens is 4. The van der Waals surface area contributed by atoms with Crippen LogP contribution in [0, 0.1) is 5.92 Å². The van der Waals surface area contributed by atoms with Gasteiger partial charge in [0.25, 0.3) is 0 Å². The van der Waals surface area contributed by atoms with Crippen LogP contribution in [-0.4, -0.2) is 66.7 Å². The van der Waals surface area contributed by atoms with Gasteiger partial charge in [0.2, 0.25) is 11.8 Å². The molecule has 0 radical (unpaired) electrons. The summed E-state index contributed by atoms with van der Waals surface area (Å²) in [7, 11) is 0. The second-order valence-electron chi connectivity index (χ2n) is 8.45. The first-order valence-corrected chi connectivity index (χ1v) is 12.1. The highest BCUT2D eigenvalue weighted by molar-refractivity contribution is 7.99. The number of thioether (sulfide) groups is 1. The van der Waals surface area contributed by atoms with Gasteiger partial charge in [-0.25, -0.2) is 0 Å². The highest BCUT2D eigenvalue weighted by atomic mass is 32.2. The number of carbonyl (C=O) groups is 2. The second-order valence-corrected chi connectivity index (χ2v) is 9.39. The summed E-state index contributed by atoms with van der Waals surface area (Å²) in [4.78, 5) is 33.3. The van der Waals surface area contributed by atoms with E-state index in [1.807, 2.05) is 26.5 Å². The number of hydrogen-bond acceptors (Lipinski definition) is 6. The van der Waals surface area contributed by atoms with Crippen molar-refractivity contribution in [2.75, 3.05) is 25.4 Å². The number of nitrogens with zero attached hydrogens (tertiary/aromatic N) is 6. The van der Waals surface area contributed by atoms with E-state index in [0.717, 1.165) is 51.0 Å². The van der Waals surface area contributed by atoms with Gasteiger partial charge in [0.1, 0.15) is 0 Å². The minimum absolute atomic E-state index is 0.140. The molecule has 9 heteroatoms. The molecule has 0 aromatic carbocycles. The minimum Gasteiger partial charge on any atom is -0.342 e. The van der Waals surface area contributed by atoms with E-state index in [9.17, 15) is 9.59 Å². The molecule has 4 rings (SSSR count). The van der Waals surface area contributed by atoms with Crippen LogP contribution in [0.4, 0.5) is 0 Å². The molecular formula is C22H30N6O2S. The lowest BCUT2D eigenvalue weighted by molar-refractivity contribution is -0.131. The normalized spacial score (nSPS) is 20.0. The fourth-order valence-corrected chi connectivity index (χ4v) is 5.13. The smallest absolute Gasteiger partial charge is 0.233 e. The van der Waals surface area contributed by atoms with E-state index < -0.39 is 0 Å². The minimum atomic E-state index is 0.140. The lowest BCUT2D eigenvalue weighted by Gasteiger charge is -2.30. The van der Waals surface area contributed by atoms with Gasteiger partial charge in [0.15, 0.2) is 11.0 Å². The third-order valence-corrected chi connectivity index (χ3v) is 6.86. The van der Waals surface area contributed by atoms with Gasteiger partial charge in [-0.2, -0.15) is 0 Å². The standard InChI is InChI=1S/C22H30N6O2S/c1-17-7-6-12-26(14-17)21(30)16-31-22-25-24-19(28(22)18-8-5-10-23-13-18)15-27-11-4-2-3-9-20(27)29/h5,8,10,13,17H,2-4,6-7,9,11-12,14-16H2,1H3. The molecule has 0 saturated carbocycles. The van der Waals surface area contributed by atoms with Crippen molar-refractivity contribution in [1.82, 2.24) is 29.5 Å². The molecule has 31 heavy (non-hydrogen) atoms. The molecule has 0 spiro atoms. The predicted molar refractivity (Wildman–Crippen MR) is 119 cm³/mol. The van der Waals surface area contributed by atoms with Crippen molar-refractivity contribution in [3.05, 3.63) is 30.4 Å². The van der Waals surface area contributed by atoms with Crippen molar-refractivity contribution >= 4 is 23.6 Å². The fourth-order valence-electron chi connectivity index (χ4n) is 4.25. The summed E-state index contributed by atoms with van der Waals surface area (Å²) in [5.74, 6) is 1.89. The van der Waals surface area contributed by atoms with E-state index in [-0.39, 0.29) is 11.8 Å². The Morgan fingerprint density at radius 1 is 1.19 bits per heavy atom. The number of carbonyl (C=O) groups excluding carboxylic acids is 2. The van der Waals surface area contributed by atoms with Crippen molar-refractivity contribution in [1.29, 1.82) is 0 Å². The Hall–Kier alpha value is -2.42. The summed E-state index contributed by atoms with van der Waals surface area (Å²) in [5, 5.41) is 9.43. The molecule has 2 amide bonds. The van der Waals surface area contributed by atoms with Crippen LogP contribution in [0.5, 0.6) is 0 Å². The van der Waals surface area contributed by atoms with Crippen LogP contribution in [0.1, 0.15) is 51.3 Å². The molecule has 0 N–H and O–H groups in total. The van der Waals surface area contributed by atoms with Crippen molar-refractivity contribution in [3.63, 3.8) is 0 Å². The van der Waals surface area contributed by atoms with Crippen LogP contribution in [0.3, 0.4) is 0 Å². The van der Waals surface area contributed by atoms with Gasteiger partial charge in [-0.1, -0.05) is 25.1 Å². The van der Waals surface area contributed by atoms with Crippen LogP contribution in [-0.2, 0) is 16.1 Å². The number of piperidine rings is 1. The highest BCUT2D eigenvalue weighted by Gasteiger charge is 2.24. The van der Waals surface area contributed by atoms with Crippen LogP contribution >= 0.6 is 11.8 Å². The predicted octanol–water partition coefficient (Wildman–Crippen LogP) is 2.92. The second kappa shape index (κ2) is 10.3. The summed E-state index contributed by atoms with van der Waals surface area (Å²) in [6, 6.07) is 3.81. The molecule has 1 unspecified atom stereocenters. The Morgan fingerprint density at radius 3 is 2.90 bits per heavy atom. The van der Waals surface area contributed by atoms with Crippen molar-refractivity contribution in [3.8, 4) is 5.69 Å². The van der Waals surface area contributed by atoms with E-state index in [1.54, 1.807) is 12.4 Å². The average Bonchev–Trinajstić information content (AvgIpc) is 3.07. The Morgan fingerprint density at radius 2 is 2.10 bits per heavy atom. The number of amides is 2. The summed E-state index contributed by atoms with van der Waals surface area (Å²) < 4.78 is 1.93. The molecular weight excluding hydrogens is 412 g/mol. The van der Waals surface area contributed by atoms with E-state index in [4.69, 9.17) is 0 Å². The van der Waals surface area contributed by atoms with Crippen molar-refractivity contribution in [2.45, 2.75) is 57.1 Å². The zero-order valence-corrected chi connectivity index (χ0v) is 18.9. The van der Waals surface area contributed by atoms with Crippen LogP contribution < -0.4 is 0 Å². The van der Waals surface area contributed by atoms with Gasteiger partial charge in [0, 0.05) is 32.3 Å². The van der Waals surface area contributed by atoms with E-state index in [2.05, 4.69) is 22.1 Å². The molecule has 2 aliphatic heterocycles. The first-order valence-electron chi connectivity index (χ1n) is 11.1. The zero-order chi connectivity index (χ0) is 21.6. The highest BCUT2D eigenvalue weighted by Crippen LogP contribution is 2.25. The molecule has 2 aromatic rings. The number of rotatable bonds is 6. The summed E-state index contributed by atoms with van der Waals surface area (Å²) >= 11 is 1.40. The van der Waals surface area contributed by atoms with Gasteiger partial charge in [-0.15, -0.1) is 10.2 Å². The van der Waals surface area contributed by atoms with Gasteiger partial charge < -0.3 is 9.80 Å². The molecule has 2 saturated heterocycles. The SMILES string of the molecule is CC1CCCN(C(=O)CSc2nnc(CN3CCCCCC3=O)n2-c2cccnc2)C1. The Kier molecular flexibility index (Phi) is 7.21. The molecule has 0 bridgehead atoms. The Labute approximate surface area is 187 Å². The van der Waals surface area contributed by atoms with E-state index in [0.29, 0.717) is 35.6 Å². The van der Waals surface area contributed by atoms with E-state index >= 15 is 0 Å². The lowest BCUT2D eigenvalue weighted by atomic mass is 10.0. The number of hydrogen-bond donors (Lipinski definition) is 0. The van der Waals surface area contributed by atoms with E-state index in [1.165, 1.54) is 18.2 Å². The van der Waals surface area contributed by atoms with Crippen LogP contribution in [0.2, 0.25) is 0 Å². The lowest BCUT2D eigenvalue weighted by Crippen LogP contribution is -2.40. The van der Waals surface area contributed by atoms with Crippen LogP contribution in [0.25, 0.3) is 5.69 Å². The molecule has 4 heterocycles. The maximum atomic E-state index is 12.8. The first-order chi connectivity index (χ1) is 15.1. The topological polar surface area (TPSA) is 84.2 Å². The average molecular weight is 443 g/mol. The third kappa shape index (κ3) is 5.44. The van der Waals surface area contributed by atoms with Crippen molar-refractivity contribution in [2.24, 2.45) is 5.92 Å². The quantitative estimate of drug-likeness (QED) is 0.640. The summed E-state index contributed by atoms with van der Waals surface area (Å²) in [6.45, 7) is 5.02. The van der Waals surface area contributed by atoms with Gasteiger partial charge in [-0.05, 0) is 43.7 Å². The Balaban J connectivity index is 1.52.